The number of nitrogen functional groups attached to an aromatic ring is 1. The highest BCUT2D eigenvalue weighted by Gasteiger charge is 2.07. The van der Waals surface area contributed by atoms with E-state index >= 15 is 0 Å². The summed E-state index contributed by atoms with van der Waals surface area (Å²) in [6.45, 7) is 5.03. The minimum atomic E-state index is 0.537. The predicted molar refractivity (Wildman–Crippen MR) is 83.7 cm³/mol. The second kappa shape index (κ2) is 6.37. The van der Waals surface area contributed by atoms with Crippen molar-refractivity contribution < 1.29 is 0 Å². The summed E-state index contributed by atoms with van der Waals surface area (Å²) >= 11 is 0. The van der Waals surface area contributed by atoms with Gasteiger partial charge in [0.05, 0.1) is 0 Å². The van der Waals surface area contributed by atoms with Crippen LogP contribution in [-0.4, -0.2) is 17.0 Å². The van der Waals surface area contributed by atoms with Crippen LogP contribution in [0.1, 0.15) is 30.3 Å². The van der Waals surface area contributed by atoms with E-state index in [-0.39, 0.29) is 0 Å². The van der Waals surface area contributed by atoms with Crippen LogP contribution in [0.3, 0.4) is 0 Å². The van der Waals surface area contributed by atoms with E-state index in [1.54, 1.807) is 0 Å². The van der Waals surface area contributed by atoms with Gasteiger partial charge in [-0.2, -0.15) is 0 Å². The molecule has 2 aromatic rings. The van der Waals surface area contributed by atoms with E-state index in [0.717, 1.165) is 31.0 Å². The summed E-state index contributed by atoms with van der Waals surface area (Å²) in [5, 5.41) is 0. The molecule has 4 nitrogen and oxygen atoms in total. The zero-order valence-corrected chi connectivity index (χ0v) is 12.4. The van der Waals surface area contributed by atoms with Crippen molar-refractivity contribution in [3.05, 3.63) is 47.3 Å². The number of aromatic nitrogens is 2. The minimum Gasteiger partial charge on any atom is -0.384 e. The Morgan fingerprint density at radius 3 is 2.70 bits per heavy atom. The number of aryl methyl sites for hydroxylation is 2. The Morgan fingerprint density at radius 1 is 1.20 bits per heavy atom. The first-order valence-corrected chi connectivity index (χ1v) is 6.98. The van der Waals surface area contributed by atoms with Crippen molar-refractivity contribution in [1.29, 1.82) is 0 Å². The van der Waals surface area contributed by atoms with Gasteiger partial charge in [-0.05, 0) is 18.9 Å². The normalized spacial score (nSPS) is 10.6. The topological polar surface area (TPSA) is 55.0 Å². The summed E-state index contributed by atoms with van der Waals surface area (Å²) in [6.07, 6.45) is 1.88. The molecular weight excluding hydrogens is 248 g/mol. The molecule has 0 amide bonds. The molecule has 4 heteroatoms. The van der Waals surface area contributed by atoms with E-state index in [9.17, 15) is 0 Å². The molecular formula is C16H22N4. The molecule has 0 bridgehead atoms. The van der Waals surface area contributed by atoms with Crippen LogP contribution in [0.25, 0.3) is 0 Å². The maximum Gasteiger partial charge on any atom is 0.134 e. The zero-order chi connectivity index (χ0) is 14.5. The van der Waals surface area contributed by atoms with Crippen LogP contribution in [0.15, 0.2) is 30.3 Å². The second-order valence-electron chi connectivity index (χ2n) is 5.16. The van der Waals surface area contributed by atoms with Crippen LogP contribution in [0.5, 0.6) is 0 Å². The van der Waals surface area contributed by atoms with E-state index in [1.165, 1.54) is 11.1 Å². The van der Waals surface area contributed by atoms with Crippen LogP contribution < -0.4 is 10.6 Å². The van der Waals surface area contributed by atoms with Crippen molar-refractivity contribution in [2.45, 2.75) is 33.2 Å². The second-order valence-corrected chi connectivity index (χ2v) is 5.16. The fraction of sp³-hybridized carbons (Fsp3) is 0.375. The summed E-state index contributed by atoms with van der Waals surface area (Å²) < 4.78 is 0. The lowest BCUT2D eigenvalue weighted by Crippen LogP contribution is -2.19. The number of hydrogen-bond acceptors (Lipinski definition) is 4. The van der Waals surface area contributed by atoms with Crippen molar-refractivity contribution in [1.82, 2.24) is 9.97 Å². The molecule has 0 spiro atoms. The summed E-state index contributed by atoms with van der Waals surface area (Å²) in [4.78, 5) is 10.9. The van der Waals surface area contributed by atoms with Crippen LogP contribution in [-0.2, 0) is 13.0 Å². The van der Waals surface area contributed by atoms with Gasteiger partial charge in [0.15, 0.2) is 0 Å². The average molecular weight is 270 g/mol. The van der Waals surface area contributed by atoms with E-state index in [1.807, 2.05) is 13.1 Å². The molecule has 20 heavy (non-hydrogen) atoms. The maximum absolute atomic E-state index is 5.87. The van der Waals surface area contributed by atoms with Gasteiger partial charge < -0.3 is 10.6 Å². The van der Waals surface area contributed by atoms with Gasteiger partial charge >= 0.3 is 0 Å². The van der Waals surface area contributed by atoms with Crippen molar-refractivity contribution in [2.24, 2.45) is 0 Å². The highest BCUT2D eigenvalue weighted by atomic mass is 15.2. The summed E-state index contributed by atoms with van der Waals surface area (Å²) in [5.41, 5.74) is 8.40. The van der Waals surface area contributed by atoms with Crippen LogP contribution in [0.4, 0.5) is 11.6 Å². The van der Waals surface area contributed by atoms with Crippen LogP contribution in [0, 0.1) is 6.92 Å². The van der Waals surface area contributed by atoms with Gasteiger partial charge in [-0.3, -0.25) is 0 Å². The molecule has 1 heterocycles. The van der Waals surface area contributed by atoms with Crippen LogP contribution >= 0.6 is 0 Å². The largest absolute Gasteiger partial charge is 0.384 e. The Morgan fingerprint density at radius 2 is 2.00 bits per heavy atom. The van der Waals surface area contributed by atoms with E-state index in [0.29, 0.717) is 5.82 Å². The average Bonchev–Trinajstić information content (AvgIpc) is 2.38. The van der Waals surface area contributed by atoms with Crippen LogP contribution in [0.2, 0.25) is 0 Å². The summed E-state index contributed by atoms with van der Waals surface area (Å²) in [6, 6.07) is 10.3. The Balaban J connectivity index is 2.18. The van der Waals surface area contributed by atoms with Crippen molar-refractivity contribution in [2.75, 3.05) is 17.7 Å². The third-order valence-electron chi connectivity index (χ3n) is 3.15. The summed E-state index contributed by atoms with van der Waals surface area (Å²) in [5.74, 6) is 2.23. The lowest BCUT2D eigenvalue weighted by molar-refractivity contribution is 0.814. The van der Waals surface area contributed by atoms with Crippen molar-refractivity contribution in [3.8, 4) is 0 Å². The van der Waals surface area contributed by atoms with Crippen molar-refractivity contribution >= 4 is 11.6 Å². The first-order valence-electron chi connectivity index (χ1n) is 6.98. The number of nitrogens with zero attached hydrogens (tertiary/aromatic N) is 3. The molecule has 0 unspecified atom stereocenters. The Bertz CT molecular complexity index is 580. The Kier molecular flexibility index (Phi) is 4.56. The smallest absolute Gasteiger partial charge is 0.134 e. The van der Waals surface area contributed by atoms with Gasteiger partial charge in [0.1, 0.15) is 17.5 Å². The molecule has 2 N–H and O–H groups in total. The minimum absolute atomic E-state index is 0.537. The van der Waals surface area contributed by atoms with E-state index < -0.39 is 0 Å². The lowest BCUT2D eigenvalue weighted by Gasteiger charge is -2.19. The lowest BCUT2D eigenvalue weighted by atomic mass is 10.1. The molecule has 0 atom stereocenters. The number of benzene rings is 1. The van der Waals surface area contributed by atoms with Gasteiger partial charge in [0.25, 0.3) is 0 Å². The quantitative estimate of drug-likeness (QED) is 0.907. The number of hydrogen-bond donors (Lipinski definition) is 1. The molecule has 0 aliphatic heterocycles. The third-order valence-corrected chi connectivity index (χ3v) is 3.15. The molecule has 1 aromatic heterocycles. The Hall–Kier alpha value is -2.10. The number of anilines is 2. The van der Waals surface area contributed by atoms with Gasteiger partial charge in [-0.25, -0.2) is 9.97 Å². The molecule has 1 aromatic carbocycles. The fourth-order valence-corrected chi connectivity index (χ4v) is 2.20. The van der Waals surface area contributed by atoms with E-state index in [4.69, 9.17) is 5.73 Å². The van der Waals surface area contributed by atoms with Crippen molar-refractivity contribution in [3.63, 3.8) is 0 Å². The first kappa shape index (κ1) is 14.3. The molecule has 0 fully saturated rings. The molecule has 2 rings (SSSR count). The third kappa shape index (κ3) is 3.70. The predicted octanol–water partition coefficient (Wildman–Crippen LogP) is 2.96. The molecule has 0 saturated carbocycles. The number of rotatable bonds is 5. The first-order chi connectivity index (χ1) is 9.58. The van der Waals surface area contributed by atoms with Gasteiger partial charge in [0.2, 0.25) is 0 Å². The summed E-state index contributed by atoms with van der Waals surface area (Å²) in [7, 11) is 2.03. The Labute approximate surface area is 120 Å². The van der Waals surface area contributed by atoms with Gasteiger partial charge in [-0.15, -0.1) is 0 Å². The monoisotopic (exact) mass is 270 g/mol. The fourth-order valence-electron chi connectivity index (χ4n) is 2.20. The molecule has 0 radical (unpaired) electrons. The highest BCUT2D eigenvalue weighted by molar-refractivity contribution is 5.47. The molecule has 0 aliphatic carbocycles. The number of nitrogens with two attached hydrogens (primary N) is 1. The molecule has 0 aliphatic rings. The SMILES string of the molecule is CCCc1nc(N)cc(N(C)Cc2cccc(C)c2)n1. The van der Waals surface area contributed by atoms with Gasteiger partial charge in [0, 0.05) is 26.1 Å². The highest BCUT2D eigenvalue weighted by Crippen LogP contribution is 2.16. The molecule has 0 saturated heterocycles. The zero-order valence-electron chi connectivity index (χ0n) is 12.4. The van der Waals surface area contributed by atoms with E-state index in [2.05, 4.69) is 53.0 Å². The standard InChI is InChI=1S/C16H22N4/c1-4-6-15-18-14(17)10-16(19-15)20(3)11-13-8-5-7-12(2)9-13/h5,7-10H,4,6,11H2,1-3H3,(H2,17,18,19). The molecule has 106 valence electrons. The van der Waals surface area contributed by atoms with Gasteiger partial charge in [-0.1, -0.05) is 36.8 Å². The maximum atomic E-state index is 5.87.